The summed E-state index contributed by atoms with van der Waals surface area (Å²) in [6.07, 6.45) is 2.99. The zero-order valence-corrected chi connectivity index (χ0v) is 14.4. The van der Waals surface area contributed by atoms with Gasteiger partial charge in [-0.1, -0.05) is 36.4 Å². The van der Waals surface area contributed by atoms with Gasteiger partial charge in [0.1, 0.15) is 11.5 Å². The van der Waals surface area contributed by atoms with Crippen LogP contribution in [0.1, 0.15) is 23.0 Å². The Morgan fingerprint density at radius 1 is 1.04 bits per heavy atom. The van der Waals surface area contributed by atoms with E-state index in [0.29, 0.717) is 11.4 Å². The lowest BCUT2D eigenvalue weighted by Crippen LogP contribution is -2.25. The third kappa shape index (κ3) is 4.03. The minimum absolute atomic E-state index is 0.0973. The first-order chi connectivity index (χ1) is 12.7. The minimum atomic E-state index is -0.393. The van der Waals surface area contributed by atoms with Crippen LogP contribution in [0.3, 0.4) is 0 Å². The van der Waals surface area contributed by atoms with E-state index in [0.717, 1.165) is 12.2 Å². The number of rotatable bonds is 6. The Kier molecular flexibility index (Phi) is 5.53. The first-order valence-corrected chi connectivity index (χ1v) is 8.35. The molecule has 1 amide bonds. The van der Waals surface area contributed by atoms with E-state index in [4.69, 9.17) is 0 Å². The summed E-state index contributed by atoms with van der Waals surface area (Å²) < 4.78 is 13.6. The van der Waals surface area contributed by atoms with E-state index in [9.17, 15) is 9.18 Å². The van der Waals surface area contributed by atoms with Gasteiger partial charge in [-0.25, -0.2) is 14.4 Å². The van der Waals surface area contributed by atoms with Crippen molar-refractivity contribution >= 4 is 17.4 Å². The number of aromatic nitrogens is 2. The van der Waals surface area contributed by atoms with E-state index in [-0.39, 0.29) is 18.1 Å². The van der Waals surface area contributed by atoms with Crippen molar-refractivity contribution in [2.45, 2.75) is 13.5 Å². The van der Waals surface area contributed by atoms with Gasteiger partial charge in [0.2, 0.25) is 0 Å². The highest BCUT2D eigenvalue weighted by molar-refractivity contribution is 5.92. The molecule has 3 aromatic rings. The summed E-state index contributed by atoms with van der Waals surface area (Å²) in [7, 11) is 0. The van der Waals surface area contributed by atoms with Crippen LogP contribution in [0.25, 0.3) is 0 Å². The highest BCUT2D eigenvalue weighted by Gasteiger charge is 2.12. The fraction of sp³-hybridized carbons (Fsp3) is 0.150. The fourth-order valence-corrected chi connectivity index (χ4v) is 2.57. The van der Waals surface area contributed by atoms with Gasteiger partial charge in [-0.2, -0.15) is 0 Å². The SMILES string of the molecule is CCN(c1ccccc1)c1cnc(C(=O)NCc2ccccc2F)cn1. The van der Waals surface area contributed by atoms with E-state index in [1.165, 1.54) is 12.3 Å². The van der Waals surface area contributed by atoms with E-state index < -0.39 is 5.91 Å². The van der Waals surface area contributed by atoms with Gasteiger partial charge in [0.05, 0.1) is 12.4 Å². The summed E-state index contributed by atoms with van der Waals surface area (Å²) in [4.78, 5) is 22.7. The summed E-state index contributed by atoms with van der Waals surface area (Å²) >= 11 is 0. The third-order valence-corrected chi connectivity index (χ3v) is 3.93. The molecule has 1 aromatic heterocycles. The number of halogens is 1. The van der Waals surface area contributed by atoms with Crippen molar-refractivity contribution in [3.63, 3.8) is 0 Å². The number of nitrogens with one attached hydrogen (secondary N) is 1. The van der Waals surface area contributed by atoms with Crippen LogP contribution in [0.15, 0.2) is 67.0 Å². The highest BCUT2D eigenvalue weighted by Crippen LogP contribution is 2.21. The number of hydrogen-bond donors (Lipinski definition) is 1. The Bertz CT molecular complexity index is 868. The maximum Gasteiger partial charge on any atom is 0.271 e. The van der Waals surface area contributed by atoms with Gasteiger partial charge in [0.25, 0.3) is 5.91 Å². The second-order valence-corrected chi connectivity index (χ2v) is 5.61. The van der Waals surface area contributed by atoms with E-state index in [1.54, 1.807) is 24.4 Å². The first kappa shape index (κ1) is 17.5. The molecule has 0 spiro atoms. The molecule has 0 saturated heterocycles. The summed E-state index contributed by atoms with van der Waals surface area (Å²) in [5.74, 6) is -0.0879. The molecular weight excluding hydrogens is 331 g/mol. The van der Waals surface area contributed by atoms with Crippen LogP contribution in [-0.2, 0) is 6.54 Å². The van der Waals surface area contributed by atoms with Crippen LogP contribution >= 0.6 is 0 Å². The number of amides is 1. The lowest BCUT2D eigenvalue weighted by Gasteiger charge is -2.21. The maximum absolute atomic E-state index is 13.6. The van der Waals surface area contributed by atoms with Crippen molar-refractivity contribution in [2.24, 2.45) is 0 Å². The standard InChI is InChI=1S/C20H19FN4O/c1-2-25(16-9-4-3-5-10-16)19-14-22-18(13-23-19)20(26)24-12-15-8-6-7-11-17(15)21/h3-11,13-14H,2,12H2,1H3,(H,24,26). The molecule has 0 aliphatic carbocycles. The smallest absolute Gasteiger partial charge is 0.271 e. The lowest BCUT2D eigenvalue weighted by molar-refractivity contribution is 0.0945. The zero-order chi connectivity index (χ0) is 18.4. The van der Waals surface area contributed by atoms with Gasteiger partial charge in [-0.15, -0.1) is 0 Å². The molecule has 0 fully saturated rings. The summed E-state index contributed by atoms with van der Waals surface area (Å²) in [5, 5.41) is 2.66. The summed E-state index contributed by atoms with van der Waals surface area (Å²) in [6.45, 7) is 2.83. The van der Waals surface area contributed by atoms with Gasteiger partial charge in [-0.05, 0) is 25.1 Å². The molecule has 6 heteroatoms. The second-order valence-electron chi connectivity index (χ2n) is 5.61. The number of carbonyl (C=O) groups excluding carboxylic acids is 1. The molecule has 0 aliphatic rings. The maximum atomic E-state index is 13.6. The van der Waals surface area contributed by atoms with Gasteiger partial charge in [0, 0.05) is 24.3 Å². The molecule has 1 N–H and O–H groups in total. The molecule has 2 aromatic carbocycles. The first-order valence-electron chi connectivity index (χ1n) is 8.35. The number of carbonyl (C=O) groups is 1. The Labute approximate surface area is 151 Å². The number of benzene rings is 2. The number of hydrogen-bond acceptors (Lipinski definition) is 4. The van der Waals surface area contributed by atoms with E-state index in [2.05, 4.69) is 15.3 Å². The second kappa shape index (κ2) is 8.20. The van der Waals surface area contributed by atoms with Crippen LogP contribution in [0, 0.1) is 5.82 Å². The van der Waals surface area contributed by atoms with Crippen molar-refractivity contribution in [1.29, 1.82) is 0 Å². The average molecular weight is 350 g/mol. The van der Waals surface area contributed by atoms with Crippen LogP contribution in [0.4, 0.5) is 15.9 Å². The molecule has 26 heavy (non-hydrogen) atoms. The van der Waals surface area contributed by atoms with Crippen LogP contribution in [0.5, 0.6) is 0 Å². The lowest BCUT2D eigenvalue weighted by atomic mass is 10.2. The Morgan fingerprint density at radius 2 is 1.77 bits per heavy atom. The molecule has 132 valence electrons. The minimum Gasteiger partial charge on any atom is -0.346 e. The highest BCUT2D eigenvalue weighted by atomic mass is 19.1. The molecule has 1 heterocycles. The molecule has 3 rings (SSSR count). The Morgan fingerprint density at radius 3 is 2.42 bits per heavy atom. The molecule has 0 bridgehead atoms. The molecule has 0 radical (unpaired) electrons. The van der Waals surface area contributed by atoms with Crippen molar-refractivity contribution in [2.75, 3.05) is 11.4 Å². The average Bonchev–Trinajstić information content (AvgIpc) is 2.69. The molecule has 0 aliphatic heterocycles. The molecule has 0 atom stereocenters. The molecule has 5 nitrogen and oxygen atoms in total. The van der Waals surface area contributed by atoms with Crippen LogP contribution in [-0.4, -0.2) is 22.4 Å². The predicted molar refractivity (Wildman–Crippen MR) is 98.7 cm³/mol. The number of anilines is 2. The topological polar surface area (TPSA) is 58.1 Å². The van der Waals surface area contributed by atoms with Crippen LogP contribution < -0.4 is 10.2 Å². The van der Waals surface area contributed by atoms with E-state index in [1.807, 2.05) is 42.2 Å². The number of nitrogens with zero attached hydrogens (tertiary/aromatic N) is 3. The largest absolute Gasteiger partial charge is 0.346 e. The van der Waals surface area contributed by atoms with Gasteiger partial charge in [-0.3, -0.25) is 4.79 Å². The third-order valence-electron chi connectivity index (χ3n) is 3.93. The van der Waals surface area contributed by atoms with Crippen molar-refractivity contribution in [3.05, 3.63) is 84.1 Å². The van der Waals surface area contributed by atoms with Gasteiger partial charge < -0.3 is 10.2 Å². The molecule has 0 unspecified atom stereocenters. The van der Waals surface area contributed by atoms with Crippen molar-refractivity contribution in [1.82, 2.24) is 15.3 Å². The summed E-state index contributed by atoms with van der Waals surface area (Å²) in [5.41, 5.74) is 1.61. The molecular formula is C20H19FN4O. The zero-order valence-electron chi connectivity index (χ0n) is 14.4. The van der Waals surface area contributed by atoms with Crippen LogP contribution in [0.2, 0.25) is 0 Å². The number of para-hydroxylation sites is 1. The van der Waals surface area contributed by atoms with Gasteiger partial charge in [0.15, 0.2) is 5.82 Å². The predicted octanol–water partition coefficient (Wildman–Crippen LogP) is 3.70. The van der Waals surface area contributed by atoms with Crippen molar-refractivity contribution < 1.29 is 9.18 Å². The molecule has 0 saturated carbocycles. The normalized spacial score (nSPS) is 10.4. The van der Waals surface area contributed by atoms with E-state index >= 15 is 0 Å². The quantitative estimate of drug-likeness (QED) is 0.736. The van der Waals surface area contributed by atoms with Crippen molar-refractivity contribution in [3.8, 4) is 0 Å². The van der Waals surface area contributed by atoms with Gasteiger partial charge >= 0.3 is 0 Å². The summed E-state index contributed by atoms with van der Waals surface area (Å²) in [6, 6.07) is 16.2. The monoisotopic (exact) mass is 350 g/mol. The Balaban J connectivity index is 1.68. The fourth-order valence-electron chi connectivity index (χ4n) is 2.57. The Hall–Kier alpha value is -3.28.